The Kier molecular flexibility index (Phi) is 9.08. The molecule has 0 spiro atoms. The number of carbonyl (C=O) groups is 3. The summed E-state index contributed by atoms with van der Waals surface area (Å²) < 4.78 is 15.5. The molecule has 0 radical (unpaired) electrons. The van der Waals surface area contributed by atoms with Crippen molar-refractivity contribution in [2.75, 3.05) is 13.2 Å². The third-order valence-electron chi connectivity index (χ3n) is 3.55. The lowest BCUT2D eigenvalue weighted by molar-refractivity contribution is -0.150. The van der Waals surface area contributed by atoms with Crippen LogP contribution in [-0.2, 0) is 23.9 Å². The highest BCUT2D eigenvalue weighted by atomic mass is 35.5. The van der Waals surface area contributed by atoms with Crippen molar-refractivity contribution in [3.05, 3.63) is 29.3 Å². The van der Waals surface area contributed by atoms with Gasteiger partial charge in [0.1, 0.15) is 11.8 Å². The van der Waals surface area contributed by atoms with E-state index in [0.29, 0.717) is 10.8 Å². The van der Waals surface area contributed by atoms with E-state index < -0.39 is 29.5 Å². The molecule has 1 N–H and O–H groups in total. The van der Waals surface area contributed by atoms with Crippen LogP contribution in [-0.4, -0.2) is 42.7 Å². The maximum Gasteiger partial charge on any atom is 0.328 e. The summed E-state index contributed by atoms with van der Waals surface area (Å²) in [5.41, 5.74) is -1.26. The van der Waals surface area contributed by atoms with E-state index in [2.05, 4.69) is 5.32 Å². The molecule has 7 nitrogen and oxygen atoms in total. The number of nitrogens with one attached hydrogen (secondary N) is 1. The lowest BCUT2D eigenvalue weighted by Crippen LogP contribution is -2.52. The van der Waals surface area contributed by atoms with Gasteiger partial charge in [0.15, 0.2) is 5.60 Å². The van der Waals surface area contributed by atoms with Crippen molar-refractivity contribution in [2.45, 2.75) is 52.2 Å². The van der Waals surface area contributed by atoms with Crippen molar-refractivity contribution >= 4 is 29.4 Å². The molecule has 1 rings (SSSR count). The molecule has 0 saturated carbocycles. The second-order valence-corrected chi connectivity index (χ2v) is 6.62. The van der Waals surface area contributed by atoms with E-state index in [4.69, 9.17) is 25.8 Å². The minimum atomic E-state index is -1.26. The van der Waals surface area contributed by atoms with E-state index in [9.17, 15) is 14.4 Å². The number of hydrogen-bond acceptors (Lipinski definition) is 6. The van der Waals surface area contributed by atoms with Gasteiger partial charge in [0.25, 0.3) is 5.91 Å². The molecule has 150 valence electrons. The molecule has 0 saturated heterocycles. The monoisotopic (exact) mass is 399 g/mol. The second kappa shape index (κ2) is 10.8. The fourth-order valence-corrected chi connectivity index (χ4v) is 2.29. The summed E-state index contributed by atoms with van der Waals surface area (Å²) >= 11 is 5.84. The third-order valence-corrected chi connectivity index (χ3v) is 3.80. The van der Waals surface area contributed by atoms with E-state index in [1.54, 1.807) is 52.0 Å². The van der Waals surface area contributed by atoms with Crippen LogP contribution in [0.1, 0.15) is 40.5 Å². The molecule has 0 bridgehead atoms. The average molecular weight is 400 g/mol. The molecule has 1 atom stereocenters. The van der Waals surface area contributed by atoms with Gasteiger partial charge in [-0.05, 0) is 58.4 Å². The lowest BCUT2D eigenvalue weighted by Gasteiger charge is -2.27. The largest absolute Gasteiger partial charge is 0.478 e. The smallest absolute Gasteiger partial charge is 0.328 e. The molecule has 8 heteroatoms. The first kappa shape index (κ1) is 22.8. The van der Waals surface area contributed by atoms with Crippen molar-refractivity contribution < 1.29 is 28.6 Å². The Labute approximate surface area is 164 Å². The highest BCUT2D eigenvalue weighted by Crippen LogP contribution is 2.21. The maximum absolute atomic E-state index is 12.6. The maximum atomic E-state index is 12.6. The van der Waals surface area contributed by atoms with Crippen molar-refractivity contribution in [3.8, 4) is 5.75 Å². The molecule has 0 aliphatic rings. The van der Waals surface area contributed by atoms with Gasteiger partial charge < -0.3 is 19.5 Å². The highest BCUT2D eigenvalue weighted by molar-refractivity contribution is 6.30. The Balaban J connectivity index is 2.78. The van der Waals surface area contributed by atoms with Crippen LogP contribution in [0, 0.1) is 0 Å². The third kappa shape index (κ3) is 7.86. The normalized spacial score (nSPS) is 12.0. The van der Waals surface area contributed by atoms with Crippen molar-refractivity contribution in [2.24, 2.45) is 0 Å². The topological polar surface area (TPSA) is 90.9 Å². The van der Waals surface area contributed by atoms with Gasteiger partial charge in [0.2, 0.25) is 0 Å². The Hall–Kier alpha value is -2.28. The van der Waals surface area contributed by atoms with Crippen LogP contribution in [0.4, 0.5) is 0 Å². The highest BCUT2D eigenvalue weighted by Gasteiger charge is 2.34. The minimum absolute atomic E-state index is 0.0178. The Morgan fingerprint density at radius 1 is 1.07 bits per heavy atom. The predicted molar refractivity (Wildman–Crippen MR) is 101 cm³/mol. The van der Waals surface area contributed by atoms with Crippen molar-refractivity contribution in [1.29, 1.82) is 0 Å². The van der Waals surface area contributed by atoms with E-state index in [-0.39, 0.29) is 26.1 Å². The standard InChI is InChI=1S/C19H26ClNO6/c1-5-25-16(22)12-11-15(17(23)26-6-2)21-18(24)19(3,4)27-14-9-7-13(20)8-10-14/h7-10,15H,5-6,11-12H2,1-4H3,(H,21,24). The lowest BCUT2D eigenvalue weighted by atomic mass is 10.1. The van der Waals surface area contributed by atoms with Gasteiger partial charge in [-0.25, -0.2) is 4.79 Å². The number of ether oxygens (including phenoxy) is 3. The summed E-state index contributed by atoms with van der Waals surface area (Å²) in [4.78, 5) is 36.3. The minimum Gasteiger partial charge on any atom is -0.478 e. The molecule has 0 aliphatic heterocycles. The van der Waals surface area contributed by atoms with Gasteiger partial charge in [0, 0.05) is 11.4 Å². The summed E-state index contributed by atoms with van der Waals surface area (Å²) in [7, 11) is 0. The zero-order valence-electron chi connectivity index (χ0n) is 16.0. The molecule has 1 unspecified atom stereocenters. The van der Waals surface area contributed by atoms with E-state index >= 15 is 0 Å². The SMILES string of the molecule is CCOC(=O)CCC(NC(=O)C(C)(C)Oc1ccc(Cl)cc1)C(=O)OCC. The van der Waals surface area contributed by atoms with E-state index in [1.165, 1.54) is 0 Å². The van der Waals surface area contributed by atoms with Crippen molar-refractivity contribution in [1.82, 2.24) is 5.32 Å². The molecule has 0 fully saturated rings. The van der Waals surface area contributed by atoms with E-state index in [0.717, 1.165) is 0 Å². The summed E-state index contributed by atoms with van der Waals surface area (Å²) in [6.45, 7) is 6.91. The molecule has 1 aromatic carbocycles. The number of esters is 2. The van der Waals surface area contributed by atoms with Crippen LogP contribution in [0.15, 0.2) is 24.3 Å². The molecule has 0 aliphatic carbocycles. The fourth-order valence-electron chi connectivity index (χ4n) is 2.16. The number of rotatable bonds is 10. The predicted octanol–water partition coefficient (Wildman–Crippen LogP) is 2.89. The first-order chi connectivity index (χ1) is 12.7. The Bertz CT molecular complexity index is 644. The molecule has 27 heavy (non-hydrogen) atoms. The van der Waals surface area contributed by atoms with Gasteiger partial charge in [-0.2, -0.15) is 0 Å². The van der Waals surface area contributed by atoms with Crippen LogP contribution < -0.4 is 10.1 Å². The number of hydrogen-bond donors (Lipinski definition) is 1. The van der Waals surface area contributed by atoms with Gasteiger partial charge in [-0.1, -0.05) is 11.6 Å². The number of amides is 1. The number of carbonyl (C=O) groups excluding carboxylic acids is 3. The summed E-state index contributed by atoms with van der Waals surface area (Å²) in [5, 5.41) is 3.15. The average Bonchev–Trinajstić information content (AvgIpc) is 2.60. The summed E-state index contributed by atoms with van der Waals surface area (Å²) in [6.07, 6.45) is 0.0521. The van der Waals surface area contributed by atoms with Crippen LogP contribution in [0.25, 0.3) is 0 Å². The molecular formula is C19H26ClNO6. The van der Waals surface area contributed by atoms with Gasteiger partial charge in [-0.3, -0.25) is 9.59 Å². The molecular weight excluding hydrogens is 374 g/mol. The summed E-state index contributed by atoms with van der Waals surface area (Å²) in [6, 6.07) is 5.59. The molecule has 0 heterocycles. The number of benzene rings is 1. The Morgan fingerprint density at radius 3 is 2.22 bits per heavy atom. The van der Waals surface area contributed by atoms with Crippen LogP contribution in [0.2, 0.25) is 5.02 Å². The summed E-state index contributed by atoms with van der Waals surface area (Å²) in [5.74, 6) is -1.12. The van der Waals surface area contributed by atoms with E-state index in [1.807, 2.05) is 0 Å². The molecule has 1 amide bonds. The zero-order chi connectivity index (χ0) is 20.4. The van der Waals surface area contributed by atoms with Crippen LogP contribution in [0.5, 0.6) is 5.75 Å². The van der Waals surface area contributed by atoms with Crippen LogP contribution in [0.3, 0.4) is 0 Å². The quantitative estimate of drug-likeness (QED) is 0.608. The van der Waals surface area contributed by atoms with Gasteiger partial charge >= 0.3 is 11.9 Å². The zero-order valence-corrected chi connectivity index (χ0v) is 16.8. The molecule has 0 aromatic heterocycles. The van der Waals surface area contributed by atoms with Crippen molar-refractivity contribution in [3.63, 3.8) is 0 Å². The fraction of sp³-hybridized carbons (Fsp3) is 0.526. The second-order valence-electron chi connectivity index (χ2n) is 6.19. The number of halogens is 1. The molecule has 1 aromatic rings. The van der Waals surface area contributed by atoms with Gasteiger partial charge in [0.05, 0.1) is 13.2 Å². The Morgan fingerprint density at radius 2 is 1.67 bits per heavy atom. The van der Waals surface area contributed by atoms with Crippen LogP contribution >= 0.6 is 11.6 Å². The first-order valence-corrected chi connectivity index (χ1v) is 9.15. The first-order valence-electron chi connectivity index (χ1n) is 8.77. The van der Waals surface area contributed by atoms with Gasteiger partial charge in [-0.15, -0.1) is 0 Å².